The molecule has 0 aliphatic heterocycles. The van der Waals surface area contributed by atoms with Gasteiger partial charge in [0, 0.05) is 11.6 Å². The molecular formula is C15H11N3O3S. The number of aryl methyl sites for hydroxylation is 1. The number of furan rings is 1. The topological polar surface area (TPSA) is 74.1 Å². The molecule has 0 aliphatic rings. The summed E-state index contributed by atoms with van der Waals surface area (Å²) >= 11 is 1.48. The fourth-order valence-corrected chi connectivity index (χ4v) is 3.01. The Morgan fingerprint density at radius 2 is 2.18 bits per heavy atom. The molecule has 7 heteroatoms. The van der Waals surface area contributed by atoms with Crippen molar-refractivity contribution in [2.75, 3.05) is 0 Å². The van der Waals surface area contributed by atoms with Crippen molar-refractivity contribution in [1.82, 2.24) is 14.5 Å². The number of nitrogens with zero attached hydrogens (tertiary/aromatic N) is 3. The molecule has 110 valence electrons. The van der Waals surface area contributed by atoms with Crippen LogP contribution in [0.3, 0.4) is 0 Å². The number of fused-ring (bicyclic) bond motifs is 1. The molecule has 0 saturated heterocycles. The smallest absolute Gasteiger partial charge is 0.421 e. The molecule has 6 nitrogen and oxygen atoms in total. The van der Waals surface area contributed by atoms with E-state index >= 15 is 0 Å². The summed E-state index contributed by atoms with van der Waals surface area (Å²) in [4.78, 5) is 20.6. The molecule has 0 atom stereocenters. The van der Waals surface area contributed by atoms with Gasteiger partial charge in [0.25, 0.3) is 0 Å². The van der Waals surface area contributed by atoms with E-state index in [1.54, 1.807) is 18.3 Å². The second-order valence-corrected chi connectivity index (χ2v) is 5.69. The van der Waals surface area contributed by atoms with Crippen LogP contribution in [0.2, 0.25) is 0 Å². The van der Waals surface area contributed by atoms with Gasteiger partial charge in [-0.2, -0.15) is 0 Å². The van der Waals surface area contributed by atoms with Crippen molar-refractivity contribution in [3.8, 4) is 10.8 Å². The largest absolute Gasteiger partial charge is 0.459 e. The number of aromatic nitrogens is 3. The van der Waals surface area contributed by atoms with Crippen molar-refractivity contribution < 1.29 is 8.83 Å². The zero-order valence-electron chi connectivity index (χ0n) is 11.6. The highest BCUT2D eigenvalue weighted by Crippen LogP contribution is 2.26. The van der Waals surface area contributed by atoms with Crippen LogP contribution >= 0.6 is 11.3 Å². The van der Waals surface area contributed by atoms with Crippen LogP contribution in [0.5, 0.6) is 0 Å². The number of rotatable bonds is 3. The summed E-state index contributed by atoms with van der Waals surface area (Å²) in [5.41, 5.74) is 1.77. The molecule has 0 bridgehead atoms. The number of pyridine rings is 1. The van der Waals surface area contributed by atoms with Gasteiger partial charge >= 0.3 is 5.76 Å². The molecule has 22 heavy (non-hydrogen) atoms. The Morgan fingerprint density at radius 3 is 3.00 bits per heavy atom. The Balaban J connectivity index is 1.70. The summed E-state index contributed by atoms with van der Waals surface area (Å²) in [6.45, 7) is 2.21. The van der Waals surface area contributed by atoms with Crippen molar-refractivity contribution >= 4 is 22.6 Å². The lowest BCUT2D eigenvalue weighted by Gasteiger charge is -1.97. The molecule has 0 saturated carbocycles. The van der Waals surface area contributed by atoms with Crippen molar-refractivity contribution in [3.05, 3.63) is 57.8 Å². The molecule has 0 aliphatic carbocycles. The van der Waals surface area contributed by atoms with Crippen LogP contribution < -0.4 is 5.76 Å². The molecule has 0 fully saturated rings. The lowest BCUT2D eigenvalue weighted by atomic mass is 10.4. The predicted molar refractivity (Wildman–Crippen MR) is 81.9 cm³/mol. The summed E-state index contributed by atoms with van der Waals surface area (Å²) < 4.78 is 12.2. The maximum absolute atomic E-state index is 11.9. The fraction of sp³-hybridized carbons (Fsp3) is 0.133. The maximum atomic E-state index is 11.9. The minimum Gasteiger partial charge on any atom is -0.459 e. The minimum atomic E-state index is -0.433. The first-order valence-corrected chi connectivity index (χ1v) is 7.54. The summed E-state index contributed by atoms with van der Waals surface area (Å²) in [5.74, 6) is 1.14. The van der Waals surface area contributed by atoms with Crippen molar-refractivity contribution in [2.24, 2.45) is 0 Å². The Morgan fingerprint density at radius 1 is 1.27 bits per heavy atom. The van der Waals surface area contributed by atoms with E-state index in [0.717, 1.165) is 22.2 Å². The van der Waals surface area contributed by atoms with E-state index in [2.05, 4.69) is 9.97 Å². The second-order valence-electron chi connectivity index (χ2n) is 4.83. The summed E-state index contributed by atoms with van der Waals surface area (Å²) in [5, 5.41) is 2.69. The molecule has 4 heterocycles. The highest BCUT2D eigenvalue weighted by Gasteiger charge is 2.13. The van der Waals surface area contributed by atoms with Crippen LogP contribution in [-0.2, 0) is 6.54 Å². The Bertz CT molecular complexity index is 1010. The summed E-state index contributed by atoms with van der Waals surface area (Å²) in [6, 6.07) is 7.24. The van der Waals surface area contributed by atoms with Gasteiger partial charge in [-0.05, 0) is 31.2 Å². The summed E-state index contributed by atoms with van der Waals surface area (Å²) in [6.07, 6.45) is 1.63. The van der Waals surface area contributed by atoms with Gasteiger partial charge in [-0.1, -0.05) is 0 Å². The maximum Gasteiger partial charge on any atom is 0.421 e. The number of thiazole rings is 1. The standard InChI is InChI=1S/C15H11N3O3S/c1-9-4-5-12(20-9)14-17-10(8-22-14)7-18-13-11(21-15(18)19)3-2-6-16-13/h2-6,8H,7H2,1H3. The molecule has 0 aromatic carbocycles. The van der Waals surface area contributed by atoms with E-state index in [1.807, 2.05) is 24.4 Å². The monoisotopic (exact) mass is 313 g/mol. The van der Waals surface area contributed by atoms with Gasteiger partial charge in [-0.15, -0.1) is 11.3 Å². The van der Waals surface area contributed by atoms with Crippen LogP contribution in [0, 0.1) is 6.92 Å². The predicted octanol–water partition coefficient (Wildman–Crippen LogP) is 3.06. The SMILES string of the molecule is Cc1ccc(-c2nc(Cn3c(=O)oc4cccnc43)cs2)o1. The molecule has 0 amide bonds. The molecule has 4 rings (SSSR count). The Labute approximate surface area is 128 Å². The average molecular weight is 313 g/mol. The Hall–Kier alpha value is -2.67. The molecule has 0 spiro atoms. The summed E-state index contributed by atoms with van der Waals surface area (Å²) in [7, 11) is 0. The molecule has 4 aromatic rings. The second kappa shape index (κ2) is 4.96. The van der Waals surface area contributed by atoms with Crippen LogP contribution in [0.25, 0.3) is 22.0 Å². The Kier molecular flexibility index (Phi) is 2.93. The zero-order chi connectivity index (χ0) is 15.1. The molecule has 0 N–H and O–H groups in total. The minimum absolute atomic E-state index is 0.318. The fourth-order valence-electron chi connectivity index (χ4n) is 2.24. The van der Waals surface area contributed by atoms with Crippen LogP contribution in [0.15, 0.2) is 49.5 Å². The van der Waals surface area contributed by atoms with Gasteiger partial charge in [-0.3, -0.25) is 4.57 Å². The van der Waals surface area contributed by atoms with Crippen molar-refractivity contribution in [2.45, 2.75) is 13.5 Å². The number of oxazole rings is 1. The third kappa shape index (κ3) is 2.15. The highest BCUT2D eigenvalue weighted by molar-refractivity contribution is 7.13. The lowest BCUT2D eigenvalue weighted by molar-refractivity contribution is 0.516. The van der Waals surface area contributed by atoms with Crippen molar-refractivity contribution in [3.63, 3.8) is 0 Å². The first-order chi connectivity index (χ1) is 10.7. The average Bonchev–Trinajstić information content (AvgIpc) is 3.20. The van der Waals surface area contributed by atoms with E-state index in [1.165, 1.54) is 15.9 Å². The number of hydrogen-bond donors (Lipinski definition) is 0. The van der Waals surface area contributed by atoms with E-state index in [0.29, 0.717) is 17.8 Å². The van der Waals surface area contributed by atoms with E-state index in [-0.39, 0.29) is 0 Å². The van der Waals surface area contributed by atoms with Crippen LogP contribution in [0.1, 0.15) is 11.5 Å². The molecule has 0 unspecified atom stereocenters. The highest BCUT2D eigenvalue weighted by atomic mass is 32.1. The number of hydrogen-bond acceptors (Lipinski definition) is 6. The van der Waals surface area contributed by atoms with Gasteiger partial charge in [0.1, 0.15) is 5.76 Å². The van der Waals surface area contributed by atoms with Gasteiger partial charge in [0.2, 0.25) is 0 Å². The quantitative estimate of drug-likeness (QED) is 0.581. The van der Waals surface area contributed by atoms with Crippen LogP contribution in [0.4, 0.5) is 0 Å². The molecular weight excluding hydrogens is 302 g/mol. The third-order valence-electron chi connectivity index (χ3n) is 3.25. The normalized spacial score (nSPS) is 11.3. The lowest BCUT2D eigenvalue weighted by Crippen LogP contribution is -2.15. The van der Waals surface area contributed by atoms with Crippen LogP contribution in [-0.4, -0.2) is 14.5 Å². The van der Waals surface area contributed by atoms with E-state index < -0.39 is 5.76 Å². The van der Waals surface area contributed by atoms with Gasteiger partial charge in [0.15, 0.2) is 22.0 Å². The van der Waals surface area contributed by atoms with E-state index in [4.69, 9.17) is 8.83 Å². The zero-order valence-corrected chi connectivity index (χ0v) is 12.5. The molecule has 4 aromatic heterocycles. The van der Waals surface area contributed by atoms with Crippen molar-refractivity contribution in [1.29, 1.82) is 0 Å². The molecule has 0 radical (unpaired) electrons. The van der Waals surface area contributed by atoms with Gasteiger partial charge in [-0.25, -0.2) is 14.8 Å². The van der Waals surface area contributed by atoms with Gasteiger partial charge in [0.05, 0.1) is 12.2 Å². The first-order valence-electron chi connectivity index (χ1n) is 6.66. The van der Waals surface area contributed by atoms with E-state index in [9.17, 15) is 4.79 Å². The third-order valence-corrected chi connectivity index (χ3v) is 4.15. The van der Waals surface area contributed by atoms with Gasteiger partial charge < -0.3 is 8.83 Å². The first kappa shape index (κ1) is 13.0.